The first-order valence-electron chi connectivity index (χ1n) is 8.05. The Morgan fingerprint density at radius 3 is 2.62 bits per heavy atom. The molecule has 2 N–H and O–H groups in total. The number of aromatic carboxylic acids is 1. The summed E-state index contributed by atoms with van der Waals surface area (Å²) in [6, 6.07) is 15.2. The van der Waals surface area contributed by atoms with E-state index in [9.17, 15) is 19.1 Å². The molecule has 3 aromatic rings. The summed E-state index contributed by atoms with van der Waals surface area (Å²) in [5, 5.41) is 12.5. The van der Waals surface area contributed by atoms with Crippen molar-refractivity contribution < 1.29 is 19.1 Å². The molecule has 0 bridgehead atoms. The number of carboxylic acids is 1. The van der Waals surface area contributed by atoms with Gasteiger partial charge < -0.3 is 10.4 Å². The number of carboxylic acid groups (broad SMARTS) is 1. The molecule has 2 aromatic carbocycles. The third-order valence-electron chi connectivity index (χ3n) is 4.41. The molecule has 1 aliphatic heterocycles. The zero-order chi connectivity index (χ0) is 18.3. The Morgan fingerprint density at radius 2 is 1.92 bits per heavy atom. The van der Waals surface area contributed by atoms with Crippen LogP contribution < -0.4 is 5.32 Å². The van der Waals surface area contributed by atoms with Crippen LogP contribution in [0.5, 0.6) is 0 Å². The number of benzene rings is 2. The number of fused-ring (bicyclic) bond motifs is 1. The van der Waals surface area contributed by atoms with Gasteiger partial charge in [0.1, 0.15) is 10.7 Å². The van der Waals surface area contributed by atoms with Crippen LogP contribution in [-0.2, 0) is 4.79 Å². The minimum Gasteiger partial charge on any atom is -0.477 e. The lowest BCUT2D eigenvalue weighted by molar-refractivity contribution is -0.116. The molecule has 0 saturated carbocycles. The molecule has 4 rings (SSSR count). The molecule has 0 fully saturated rings. The van der Waals surface area contributed by atoms with E-state index < -0.39 is 5.97 Å². The second-order valence-corrected chi connectivity index (χ2v) is 7.13. The number of halogens is 1. The summed E-state index contributed by atoms with van der Waals surface area (Å²) >= 11 is 1.14. The second kappa shape index (κ2) is 6.38. The van der Waals surface area contributed by atoms with Gasteiger partial charge in [0.2, 0.25) is 5.91 Å². The summed E-state index contributed by atoms with van der Waals surface area (Å²) < 4.78 is 13.7. The van der Waals surface area contributed by atoms with Crippen molar-refractivity contribution in [3.05, 3.63) is 75.7 Å². The quantitative estimate of drug-likeness (QED) is 0.703. The minimum absolute atomic E-state index is 0.157. The van der Waals surface area contributed by atoms with Gasteiger partial charge in [-0.2, -0.15) is 0 Å². The smallest absolute Gasteiger partial charge is 0.346 e. The van der Waals surface area contributed by atoms with Crippen LogP contribution in [0.2, 0.25) is 0 Å². The molecule has 1 amide bonds. The van der Waals surface area contributed by atoms with Crippen molar-refractivity contribution in [2.24, 2.45) is 0 Å². The van der Waals surface area contributed by atoms with Crippen LogP contribution >= 0.6 is 11.3 Å². The third-order valence-corrected chi connectivity index (χ3v) is 5.71. The molecule has 4 nitrogen and oxygen atoms in total. The highest BCUT2D eigenvalue weighted by Gasteiger charge is 2.34. The Labute approximate surface area is 152 Å². The molecule has 1 aromatic heterocycles. The van der Waals surface area contributed by atoms with Crippen molar-refractivity contribution in [2.75, 3.05) is 5.32 Å². The highest BCUT2D eigenvalue weighted by molar-refractivity contribution is 7.15. The summed E-state index contributed by atoms with van der Waals surface area (Å²) in [6.07, 6.45) is 0.157. The van der Waals surface area contributed by atoms with Crippen LogP contribution in [0.25, 0.3) is 11.1 Å². The lowest BCUT2D eigenvalue weighted by Crippen LogP contribution is -2.22. The largest absolute Gasteiger partial charge is 0.477 e. The maximum Gasteiger partial charge on any atom is 0.346 e. The molecule has 6 heteroatoms. The monoisotopic (exact) mass is 367 g/mol. The predicted molar refractivity (Wildman–Crippen MR) is 98.2 cm³/mol. The Bertz CT molecular complexity index is 1010. The van der Waals surface area contributed by atoms with Gasteiger partial charge in [0.15, 0.2) is 0 Å². The van der Waals surface area contributed by atoms with Crippen molar-refractivity contribution in [3.63, 3.8) is 0 Å². The Kier molecular flexibility index (Phi) is 4.05. The van der Waals surface area contributed by atoms with E-state index in [0.717, 1.165) is 21.8 Å². The van der Waals surface area contributed by atoms with E-state index in [1.165, 1.54) is 12.1 Å². The fourth-order valence-electron chi connectivity index (χ4n) is 3.31. The van der Waals surface area contributed by atoms with Gasteiger partial charge in [-0.05, 0) is 23.3 Å². The van der Waals surface area contributed by atoms with Crippen LogP contribution in [-0.4, -0.2) is 17.0 Å². The van der Waals surface area contributed by atoms with Crippen molar-refractivity contribution >= 4 is 28.9 Å². The maximum atomic E-state index is 13.7. The highest BCUT2D eigenvalue weighted by Crippen LogP contribution is 2.49. The van der Waals surface area contributed by atoms with Gasteiger partial charge in [-0.3, -0.25) is 4.79 Å². The molecule has 1 unspecified atom stereocenters. The Hall–Kier alpha value is -2.99. The number of thiophene rings is 1. The number of rotatable bonds is 3. The molecule has 0 aliphatic carbocycles. The van der Waals surface area contributed by atoms with Crippen LogP contribution in [0.15, 0.2) is 54.6 Å². The highest BCUT2D eigenvalue weighted by atomic mass is 32.1. The van der Waals surface area contributed by atoms with E-state index in [1.54, 1.807) is 12.1 Å². The first-order chi connectivity index (χ1) is 12.5. The van der Waals surface area contributed by atoms with Gasteiger partial charge in [0, 0.05) is 22.8 Å². The Balaban J connectivity index is 1.95. The number of anilines is 1. The number of carbonyl (C=O) groups is 2. The third kappa shape index (κ3) is 2.78. The van der Waals surface area contributed by atoms with Crippen LogP contribution in [0, 0.1) is 5.82 Å². The normalized spacial score (nSPS) is 16.0. The molecular formula is C20H14FNO3S. The van der Waals surface area contributed by atoms with Gasteiger partial charge in [-0.1, -0.05) is 42.5 Å². The molecular weight excluding hydrogens is 353 g/mol. The van der Waals surface area contributed by atoms with E-state index in [2.05, 4.69) is 5.32 Å². The minimum atomic E-state index is -1.05. The molecule has 1 atom stereocenters. The summed E-state index contributed by atoms with van der Waals surface area (Å²) in [6.45, 7) is 0. The number of amides is 1. The number of hydrogen-bond acceptors (Lipinski definition) is 3. The number of nitrogens with one attached hydrogen (secondary N) is 1. The van der Waals surface area contributed by atoms with Crippen LogP contribution in [0.3, 0.4) is 0 Å². The SMILES string of the molecule is O=C1CC(c2cccc(F)c2)c2sc(C(=O)O)c(-c3ccccc3)c2N1. The van der Waals surface area contributed by atoms with E-state index >= 15 is 0 Å². The van der Waals surface area contributed by atoms with Gasteiger partial charge in [0.05, 0.1) is 5.69 Å². The first-order valence-corrected chi connectivity index (χ1v) is 8.87. The van der Waals surface area contributed by atoms with Crippen LogP contribution in [0.4, 0.5) is 10.1 Å². The fraction of sp³-hybridized carbons (Fsp3) is 0.100. The zero-order valence-corrected chi connectivity index (χ0v) is 14.3. The molecule has 26 heavy (non-hydrogen) atoms. The zero-order valence-electron chi connectivity index (χ0n) is 13.5. The average Bonchev–Trinajstić information content (AvgIpc) is 3.01. The topological polar surface area (TPSA) is 66.4 Å². The summed E-state index contributed by atoms with van der Waals surface area (Å²) in [5.41, 5.74) is 2.41. The molecule has 130 valence electrons. The first kappa shape index (κ1) is 16.5. The lowest BCUT2D eigenvalue weighted by atomic mass is 9.88. The summed E-state index contributed by atoms with van der Waals surface area (Å²) in [7, 11) is 0. The lowest BCUT2D eigenvalue weighted by Gasteiger charge is -2.23. The van der Waals surface area contributed by atoms with E-state index in [-0.39, 0.29) is 28.9 Å². The van der Waals surface area contributed by atoms with Gasteiger partial charge in [-0.15, -0.1) is 11.3 Å². The van der Waals surface area contributed by atoms with Crippen molar-refractivity contribution in [2.45, 2.75) is 12.3 Å². The van der Waals surface area contributed by atoms with Gasteiger partial charge in [-0.25, -0.2) is 9.18 Å². The number of carbonyl (C=O) groups excluding carboxylic acids is 1. The van der Waals surface area contributed by atoms with E-state index in [1.807, 2.05) is 30.3 Å². The molecule has 2 heterocycles. The molecule has 1 aliphatic rings. The second-order valence-electron chi connectivity index (χ2n) is 6.08. The standard InChI is InChI=1S/C20H14FNO3S/c21-13-8-4-7-12(9-13)14-10-15(23)22-17-16(11-5-2-1-3-6-11)19(20(24)25)26-18(14)17/h1-9,14H,10H2,(H,22,23)(H,24,25). The maximum absolute atomic E-state index is 13.7. The molecule has 0 saturated heterocycles. The van der Waals surface area contributed by atoms with Crippen molar-refractivity contribution in [1.82, 2.24) is 0 Å². The average molecular weight is 367 g/mol. The van der Waals surface area contributed by atoms with Crippen molar-refractivity contribution in [1.29, 1.82) is 0 Å². The van der Waals surface area contributed by atoms with Crippen molar-refractivity contribution in [3.8, 4) is 11.1 Å². The summed E-state index contributed by atoms with van der Waals surface area (Å²) in [5.74, 6) is -2.00. The van der Waals surface area contributed by atoms with Crippen LogP contribution in [0.1, 0.15) is 32.5 Å². The van der Waals surface area contributed by atoms with Gasteiger partial charge in [0.25, 0.3) is 0 Å². The summed E-state index contributed by atoms with van der Waals surface area (Å²) in [4.78, 5) is 25.1. The van der Waals surface area contributed by atoms with Gasteiger partial charge >= 0.3 is 5.97 Å². The van der Waals surface area contributed by atoms with E-state index in [4.69, 9.17) is 0 Å². The number of hydrogen-bond donors (Lipinski definition) is 2. The molecule has 0 spiro atoms. The molecule has 0 radical (unpaired) electrons. The van der Waals surface area contributed by atoms with E-state index in [0.29, 0.717) is 16.8 Å². The fourth-order valence-corrected chi connectivity index (χ4v) is 4.56. The predicted octanol–water partition coefficient (Wildman–Crippen LogP) is 4.73. The Morgan fingerprint density at radius 1 is 1.15 bits per heavy atom.